The largest absolute Gasteiger partial charge is 0.507 e. The van der Waals surface area contributed by atoms with Gasteiger partial charge < -0.3 is 19.3 Å². The molecule has 158 valence electrons. The summed E-state index contributed by atoms with van der Waals surface area (Å²) < 4.78 is 17.6. The molecule has 0 amide bonds. The third-order valence-electron chi connectivity index (χ3n) is 5.67. The van der Waals surface area contributed by atoms with E-state index in [0.29, 0.717) is 28.5 Å². The predicted molar refractivity (Wildman–Crippen MR) is 118 cm³/mol. The zero-order chi connectivity index (χ0) is 21.5. The van der Waals surface area contributed by atoms with Gasteiger partial charge in [0.2, 0.25) is 6.23 Å². The minimum absolute atomic E-state index is 0.0563. The first-order valence-corrected chi connectivity index (χ1v) is 10.3. The Morgan fingerprint density at radius 3 is 2.65 bits per heavy atom. The van der Waals surface area contributed by atoms with Crippen molar-refractivity contribution in [2.45, 2.75) is 18.7 Å². The van der Waals surface area contributed by atoms with Gasteiger partial charge in [-0.15, -0.1) is 0 Å². The fourth-order valence-corrected chi connectivity index (χ4v) is 4.42. The van der Waals surface area contributed by atoms with Crippen LogP contribution in [0.3, 0.4) is 0 Å². The van der Waals surface area contributed by atoms with Gasteiger partial charge in [0, 0.05) is 22.6 Å². The van der Waals surface area contributed by atoms with Crippen LogP contribution >= 0.6 is 11.6 Å². The second-order valence-corrected chi connectivity index (χ2v) is 7.84. The molecule has 0 unspecified atom stereocenters. The topological polar surface area (TPSA) is 63.5 Å². The SMILES string of the molecule is COc1cccc([C@H]2Oc3ccccc3[C@@H]3CC(c4cc(Cl)ccc4O)=NN23)c1OC. The van der Waals surface area contributed by atoms with Crippen LogP contribution in [-0.2, 0) is 0 Å². The Hall–Kier alpha value is -3.38. The fraction of sp³-hybridized carbons (Fsp3) is 0.208. The summed E-state index contributed by atoms with van der Waals surface area (Å²) in [4.78, 5) is 0. The third kappa shape index (κ3) is 3.24. The van der Waals surface area contributed by atoms with E-state index in [1.165, 1.54) is 0 Å². The van der Waals surface area contributed by atoms with E-state index in [1.54, 1.807) is 32.4 Å². The van der Waals surface area contributed by atoms with Gasteiger partial charge >= 0.3 is 0 Å². The van der Waals surface area contributed by atoms with Crippen molar-refractivity contribution in [3.63, 3.8) is 0 Å². The molecule has 0 saturated carbocycles. The van der Waals surface area contributed by atoms with Crippen molar-refractivity contribution in [3.05, 3.63) is 82.4 Å². The van der Waals surface area contributed by atoms with Crippen molar-refractivity contribution >= 4 is 17.3 Å². The number of ether oxygens (including phenoxy) is 3. The lowest BCUT2D eigenvalue weighted by atomic mass is 9.95. The first-order valence-electron chi connectivity index (χ1n) is 9.92. The van der Waals surface area contributed by atoms with Crippen LogP contribution in [0.5, 0.6) is 23.0 Å². The van der Waals surface area contributed by atoms with Crippen LogP contribution in [0.4, 0.5) is 0 Å². The van der Waals surface area contributed by atoms with Gasteiger partial charge in [-0.2, -0.15) is 5.10 Å². The second-order valence-electron chi connectivity index (χ2n) is 7.40. The number of phenolic OH excluding ortho intramolecular Hbond substituents is 1. The lowest BCUT2D eigenvalue weighted by Crippen LogP contribution is -2.34. The maximum atomic E-state index is 10.4. The molecular weight excluding hydrogens is 416 g/mol. The summed E-state index contributed by atoms with van der Waals surface area (Å²) in [5.41, 5.74) is 3.22. The molecule has 0 bridgehead atoms. The molecule has 3 aromatic rings. The molecule has 0 saturated heterocycles. The Kier molecular flexibility index (Phi) is 4.87. The highest BCUT2D eigenvalue weighted by molar-refractivity contribution is 6.31. The van der Waals surface area contributed by atoms with Gasteiger partial charge in [0.15, 0.2) is 11.5 Å². The Morgan fingerprint density at radius 1 is 1.03 bits per heavy atom. The van der Waals surface area contributed by atoms with Crippen molar-refractivity contribution in [3.8, 4) is 23.0 Å². The number of fused-ring (bicyclic) bond motifs is 3. The molecule has 2 aliphatic heterocycles. The van der Waals surface area contributed by atoms with Crippen LogP contribution in [0.2, 0.25) is 5.02 Å². The molecule has 0 fully saturated rings. The van der Waals surface area contributed by atoms with Crippen molar-refractivity contribution in [2.75, 3.05) is 14.2 Å². The summed E-state index contributed by atoms with van der Waals surface area (Å²) in [6, 6.07) is 18.6. The molecule has 0 radical (unpaired) electrons. The maximum absolute atomic E-state index is 10.4. The molecule has 2 atom stereocenters. The van der Waals surface area contributed by atoms with Gasteiger partial charge in [-0.05, 0) is 36.4 Å². The van der Waals surface area contributed by atoms with E-state index in [1.807, 2.05) is 47.5 Å². The molecule has 1 N–H and O–H groups in total. The number of hydrogen-bond donors (Lipinski definition) is 1. The lowest BCUT2D eigenvalue weighted by molar-refractivity contribution is -0.0205. The van der Waals surface area contributed by atoms with Crippen LogP contribution < -0.4 is 14.2 Å². The number of hydrogen-bond acceptors (Lipinski definition) is 6. The van der Waals surface area contributed by atoms with Crippen molar-refractivity contribution in [1.29, 1.82) is 0 Å². The molecule has 5 rings (SSSR count). The Bertz CT molecular complexity index is 1180. The molecule has 0 spiro atoms. The highest BCUT2D eigenvalue weighted by Crippen LogP contribution is 2.50. The van der Waals surface area contributed by atoms with Gasteiger partial charge in [-0.25, -0.2) is 5.01 Å². The molecule has 3 aromatic carbocycles. The normalized spacial score (nSPS) is 19.2. The average molecular weight is 437 g/mol. The summed E-state index contributed by atoms with van der Waals surface area (Å²) in [6.07, 6.45) is 0.0839. The van der Waals surface area contributed by atoms with E-state index in [0.717, 1.165) is 22.6 Å². The number of nitrogens with zero attached hydrogens (tertiary/aromatic N) is 2. The van der Waals surface area contributed by atoms with E-state index in [-0.39, 0.29) is 11.8 Å². The Morgan fingerprint density at radius 2 is 1.84 bits per heavy atom. The summed E-state index contributed by atoms with van der Waals surface area (Å²) in [7, 11) is 3.22. The molecule has 6 nitrogen and oxygen atoms in total. The van der Waals surface area contributed by atoms with Crippen LogP contribution in [0.25, 0.3) is 0 Å². The van der Waals surface area contributed by atoms with Crippen LogP contribution in [0, 0.1) is 0 Å². The third-order valence-corrected chi connectivity index (χ3v) is 5.90. The number of para-hydroxylation sites is 2. The smallest absolute Gasteiger partial charge is 0.217 e. The van der Waals surface area contributed by atoms with Crippen molar-refractivity contribution in [1.82, 2.24) is 5.01 Å². The molecule has 7 heteroatoms. The number of benzene rings is 3. The molecule has 0 aliphatic carbocycles. The van der Waals surface area contributed by atoms with E-state index >= 15 is 0 Å². The predicted octanol–water partition coefficient (Wildman–Crippen LogP) is 5.31. The fourth-order valence-electron chi connectivity index (χ4n) is 4.25. The minimum Gasteiger partial charge on any atom is -0.507 e. The van der Waals surface area contributed by atoms with Crippen LogP contribution in [0.15, 0.2) is 65.8 Å². The zero-order valence-corrected chi connectivity index (χ0v) is 17.8. The summed E-state index contributed by atoms with van der Waals surface area (Å²) in [5, 5.41) is 17.8. The molecule has 0 aromatic heterocycles. The molecule has 2 heterocycles. The number of rotatable bonds is 4. The maximum Gasteiger partial charge on any atom is 0.217 e. The van der Waals surface area contributed by atoms with E-state index < -0.39 is 6.23 Å². The van der Waals surface area contributed by atoms with Crippen molar-refractivity contribution < 1.29 is 19.3 Å². The lowest BCUT2D eigenvalue weighted by Gasteiger charge is -2.38. The summed E-state index contributed by atoms with van der Waals surface area (Å²) in [6.45, 7) is 0. The monoisotopic (exact) mass is 436 g/mol. The first-order chi connectivity index (χ1) is 15.1. The number of hydrazone groups is 1. The number of methoxy groups -OCH3 is 2. The summed E-state index contributed by atoms with van der Waals surface area (Å²) in [5.74, 6) is 2.16. The quantitative estimate of drug-likeness (QED) is 0.600. The van der Waals surface area contributed by atoms with E-state index in [2.05, 4.69) is 0 Å². The summed E-state index contributed by atoms with van der Waals surface area (Å²) >= 11 is 6.19. The van der Waals surface area contributed by atoms with Gasteiger partial charge in [0.25, 0.3) is 0 Å². The highest BCUT2D eigenvalue weighted by atomic mass is 35.5. The number of halogens is 1. The minimum atomic E-state index is -0.524. The second kappa shape index (κ2) is 7.71. The van der Waals surface area contributed by atoms with Crippen LogP contribution in [0.1, 0.15) is 35.4 Å². The zero-order valence-electron chi connectivity index (χ0n) is 17.1. The van der Waals surface area contributed by atoms with E-state index in [9.17, 15) is 5.11 Å². The van der Waals surface area contributed by atoms with Crippen molar-refractivity contribution in [2.24, 2.45) is 5.10 Å². The van der Waals surface area contributed by atoms with E-state index in [4.69, 9.17) is 30.9 Å². The molecule has 2 aliphatic rings. The molecular formula is C24H21ClN2O4. The average Bonchev–Trinajstić information content (AvgIpc) is 3.25. The van der Waals surface area contributed by atoms with Gasteiger partial charge in [0.1, 0.15) is 11.5 Å². The number of phenols is 1. The van der Waals surface area contributed by atoms with Gasteiger partial charge in [-0.3, -0.25) is 0 Å². The Balaban J connectivity index is 1.65. The Labute approximate surface area is 185 Å². The first kappa shape index (κ1) is 19.6. The highest BCUT2D eigenvalue weighted by Gasteiger charge is 2.42. The standard InChI is InChI=1S/C24H21ClN2O4/c1-29-22-9-5-7-16(23(22)30-2)24-27-19(15-6-3-4-8-21(15)31-24)13-18(26-27)17-12-14(25)10-11-20(17)28/h3-12,19,24,28H,13H2,1-2H3/t19-,24+/m0/s1. The van der Waals surface area contributed by atoms with Crippen LogP contribution in [-0.4, -0.2) is 30.0 Å². The number of aromatic hydroxyl groups is 1. The van der Waals surface area contributed by atoms with Gasteiger partial charge in [0.05, 0.1) is 31.5 Å². The van der Waals surface area contributed by atoms with Gasteiger partial charge in [-0.1, -0.05) is 35.9 Å². The molecule has 31 heavy (non-hydrogen) atoms.